The van der Waals surface area contributed by atoms with Crippen LogP contribution in [0.4, 0.5) is 17.1 Å². The fourth-order valence-electron chi connectivity index (χ4n) is 8.82. The zero-order chi connectivity index (χ0) is 41.8. The molecule has 61 heavy (non-hydrogen) atoms. The molecular weight excluding hydrogens is 747 g/mol. The number of rotatable bonds is 5. The van der Waals surface area contributed by atoms with Crippen LogP contribution < -0.4 is 0 Å². The van der Waals surface area contributed by atoms with E-state index in [1.54, 1.807) is 12.1 Å². The SMILES string of the molecule is [C-]#[N+]c1cc(C#N)cc(-c2ccc3c(c2)c2ccccc2n3-c2ccc([N+]#[C-])cc2-c2c(C)cccc2-n2c3ccccc3c3cc(-c4cc(C#N)cc([N+]#[C-])c4)ccc32)c1. The maximum atomic E-state index is 9.73. The van der Waals surface area contributed by atoms with Crippen LogP contribution in [0.5, 0.6) is 0 Å². The van der Waals surface area contributed by atoms with Crippen molar-refractivity contribution in [1.29, 1.82) is 10.5 Å². The Morgan fingerprint density at radius 3 is 1.46 bits per heavy atom. The summed E-state index contributed by atoms with van der Waals surface area (Å²) in [5.41, 5.74) is 14.5. The van der Waals surface area contributed by atoms with Crippen LogP contribution in [0.2, 0.25) is 0 Å². The van der Waals surface area contributed by atoms with Crippen molar-refractivity contribution in [2.24, 2.45) is 0 Å². The van der Waals surface area contributed by atoms with Crippen molar-refractivity contribution in [3.8, 4) is 56.9 Å². The Bertz CT molecular complexity index is 3670. The molecule has 0 aliphatic heterocycles. The van der Waals surface area contributed by atoms with Crippen LogP contribution in [0.15, 0.2) is 158 Å². The van der Waals surface area contributed by atoms with Crippen LogP contribution in [0.1, 0.15) is 16.7 Å². The molecule has 2 heterocycles. The van der Waals surface area contributed by atoms with Gasteiger partial charge in [0, 0.05) is 38.2 Å². The Kier molecular flexibility index (Phi) is 8.49. The first-order valence-electron chi connectivity index (χ1n) is 19.5. The second-order valence-electron chi connectivity index (χ2n) is 14.9. The fraction of sp³-hybridized carbons (Fsp3) is 0.0185. The predicted octanol–water partition coefficient (Wildman–Crippen LogP) is 14.6. The zero-order valence-corrected chi connectivity index (χ0v) is 32.6. The summed E-state index contributed by atoms with van der Waals surface area (Å²) in [4.78, 5) is 11.2. The Morgan fingerprint density at radius 1 is 0.426 bits per heavy atom. The Morgan fingerprint density at radius 2 is 0.934 bits per heavy atom. The lowest BCUT2D eigenvalue weighted by molar-refractivity contribution is 1.15. The monoisotopic (exact) mass is 775 g/mol. The minimum atomic E-state index is 0.416. The van der Waals surface area contributed by atoms with Crippen molar-refractivity contribution < 1.29 is 0 Å². The standard InChI is InChI=1S/C54H29N7/c1-33-10-9-15-53(61-49-14-8-6-12-44(49)46-29-37(17-20-51(46)61)39-23-35(32-56)25-42(27-39)59-4)54(33)47-30-40(57-2)18-21-52(47)60-48-13-7-5-11-43(48)45-28-36(16-19-50(45)60)38-22-34(31-55)24-41(26-38)58-3/h5-30H,1H3. The van der Waals surface area contributed by atoms with Crippen molar-refractivity contribution in [2.45, 2.75) is 6.92 Å². The number of nitriles is 2. The van der Waals surface area contributed by atoms with E-state index < -0.39 is 0 Å². The second-order valence-corrected chi connectivity index (χ2v) is 14.9. The van der Waals surface area contributed by atoms with Crippen LogP contribution in [-0.4, -0.2) is 9.13 Å². The maximum absolute atomic E-state index is 9.73. The Hall–Kier alpha value is -9.19. The highest BCUT2D eigenvalue weighted by Gasteiger charge is 2.22. The fourth-order valence-corrected chi connectivity index (χ4v) is 8.82. The van der Waals surface area contributed by atoms with Crippen LogP contribution >= 0.6 is 0 Å². The maximum Gasteiger partial charge on any atom is 0.189 e. The van der Waals surface area contributed by atoms with Crippen LogP contribution in [-0.2, 0) is 0 Å². The predicted molar refractivity (Wildman–Crippen MR) is 244 cm³/mol. The lowest BCUT2D eigenvalue weighted by Crippen LogP contribution is -2.03. The average Bonchev–Trinajstić information content (AvgIpc) is 3.82. The van der Waals surface area contributed by atoms with Gasteiger partial charge in [-0.25, -0.2) is 14.5 Å². The molecule has 0 saturated heterocycles. The van der Waals surface area contributed by atoms with Gasteiger partial charge in [-0.1, -0.05) is 66.7 Å². The molecule has 0 aliphatic carbocycles. The van der Waals surface area contributed by atoms with E-state index >= 15 is 0 Å². The summed E-state index contributed by atoms with van der Waals surface area (Å²) in [5, 5.41) is 23.6. The van der Waals surface area contributed by atoms with Crippen LogP contribution in [0.3, 0.4) is 0 Å². The summed E-state index contributed by atoms with van der Waals surface area (Å²) in [6.07, 6.45) is 0. The molecule has 0 unspecified atom stereocenters. The van der Waals surface area contributed by atoms with Crippen molar-refractivity contribution in [3.63, 3.8) is 0 Å². The first-order valence-corrected chi connectivity index (χ1v) is 19.5. The molecule has 0 atom stereocenters. The van der Waals surface area contributed by atoms with Gasteiger partial charge >= 0.3 is 0 Å². The summed E-state index contributed by atoms with van der Waals surface area (Å²) in [5.74, 6) is 0. The second kappa shape index (κ2) is 14.3. The van der Waals surface area contributed by atoms with Crippen LogP contribution in [0, 0.1) is 49.3 Å². The molecule has 7 heteroatoms. The number of aryl methyl sites for hydroxylation is 1. The lowest BCUT2D eigenvalue weighted by atomic mass is 9.95. The Labute approximate surface area is 351 Å². The molecule has 0 fully saturated rings. The van der Waals surface area contributed by atoms with Gasteiger partial charge in [-0.3, -0.25) is 0 Å². The van der Waals surface area contributed by atoms with Gasteiger partial charge in [-0.2, -0.15) is 10.5 Å². The molecule has 10 rings (SSSR count). The largest absolute Gasteiger partial charge is 0.309 e. The Balaban J connectivity index is 1.22. The summed E-state index contributed by atoms with van der Waals surface area (Å²) in [6.45, 7) is 25.5. The third-order valence-electron chi connectivity index (χ3n) is 11.5. The number of para-hydroxylation sites is 2. The van der Waals surface area contributed by atoms with E-state index in [0.717, 1.165) is 93.9 Å². The van der Waals surface area contributed by atoms with Gasteiger partial charge in [0.1, 0.15) is 0 Å². The van der Waals surface area contributed by atoms with Gasteiger partial charge in [0.2, 0.25) is 0 Å². The summed E-state index contributed by atoms with van der Waals surface area (Å²) in [6, 6.07) is 56.4. The number of nitrogens with zero attached hydrogens (tertiary/aromatic N) is 7. The quantitative estimate of drug-likeness (QED) is 0.163. The highest BCUT2D eigenvalue weighted by Crippen LogP contribution is 2.44. The topological polar surface area (TPSA) is 70.5 Å². The van der Waals surface area contributed by atoms with Gasteiger partial charge in [-0.15, -0.1) is 0 Å². The third-order valence-corrected chi connectivity index (χ3v) is 11.5. The van der Waals surface area contributed by atoms with Gasteiger partial charge < -0.3 is 9.13 Å². The molecule has 0 bridgehead atoms. The molecule has 0 amide bonds. The zero-order valence-electron chi connectivity index (χ0n) is 32.6. The first-order chi connectivity index (χ1) is 29.9. The number of aromatic nitrogens is 2. The number of hydrogen-bond donors (Lipinski definition) is 0. The number of hydrogen-bond acceptors (Lipinski definition) is 2. The minimum absolute atomic E-state index is 0.416. The molecular formula is C54H29N7. The summed E-state index contributed by atoms with van der Waals surface area (Å²) >= 11 is 0. The molecule has 0 radical (unpaired) electrons. The van der Waals surface area contributed by atoms with E-state index in [1.807, 2.05) is 78.9 Å². The number of benzene rings is 8. The number of fused-ring (bicyclic) bond motifs is 6. The highest BCUT2D eigenvalue weighted by molar-refractivity contribution is 6.13. The van der Waals surface area contributed by atoms with E-state index in [1.165, 1.54) is 0 Å². The van der Waals surface area contributed by atoms with Crippen molar-refractivity contribution in [1.82, 2.24) is 9.13 Å². The lowest BCUT2D eigenvalue weighted by Gasteiger charge is -2.21. The highest BCUT2D eigenvalue weighted by atomic mass is 15.0. The van der Waals surface area contributed by atoms with E-state index in [0.29, 0.717) is 28.2 Å². The molecule has 7 nitrogen and oxygen atoms in total. The normalized spacial score (nSPS) is 11.0. The molecule has 8 aromatic carbocycles. The summed E-state index contributed by atoms with van der Waals surface area (Å²) in [7, 11) is 0. The third kappa shape index (κ3) is 5.85. The minimum Gasteiger partial charge on any atom is -0.309 e. The molecule has 0 spiro atoms. The molecule has 0 aliphatic rings. The molecule has 280 valence electrons. The van der Waals surface area contributed by atoms with E-state index in [9.17, 15) is 10.5 Å². The molecule has 0 saturated carbocycles. The van der Waals surface area contributed by atoms with Gasteiger partial charge in [-0.05, 0) is 131 Å². The van der Waals surface area contributed by atoms with Gasteiger partial charge in [0.25, 0.3) is 0 Å². The van der Waals surface area contributed by atoms with Crippen molar-refractivity contribution >= 4 is 60.7 Å². The van der Waals surface area contributed by atoms with Crippen molar-refractivity contribution in [3.05, 3.63) is 209 Å². The molecule has 2 aromatic heterocycles. The van der Waals surface area contributed by atoms with Gasteiger partial charge in [0.05, 0.1) is 65.3 Å². The van der Waals surface area contributed by atoms with E-state index in [2.05, 4.69) is 109 Å². The smallest absolute Gasteiger partial charge is 0.189 e. The van der Waals surface area contributed by atoms with Gasteiger partial charge in [0.15, 0.2) is 17.1 Å². The van der Waals surface area contributed by atoms with Crippen LogP contribution in [0.25, 0.3) is 103 Å². The van der Waals surface area contributed by atoms with E-state index in [-0.39, 0.29) is 0 Å². The molecule has 10 aromatic rings. The summed E-state index contributed by atoms with van der Waals surface area (Å²) < 4.78 is 4.57. The first kappa shape index (κ1) is 36.2. The van der Waals surface area contributed by atoms with Crippen molar-refractivity contribution in [2.75, 3.05) is 0 Å². The van der Waals surface area contributed by atoms with E-state index in [4.69, 9.17) is 19.7 Å². The average molecular weight is 776 g/mol. The molecule has 0 N–H and O–H groups in total.